The lowest BCUT2D eigenvalue weighted by Gasteiger charge is -2.32. The Morgan fingerprint density at radius 2 is 1.72 bits per heavy atom. The van der Waals surface area contributed by atoms with Crippen LogP contribution in [0.3, 0.4) is 0 Å². The van der Waals surface area contributed by atoms with Crippen molar-refractivity contribution < 1.29 is 19.1 Å². The third kappa shape index (κ3) is 5.88. The summed E-state index contributed by atoms with van der Waals surface area (Å²) in [5, 5.41) is 5.47. The summed E-state index contributed by atoms with van der Waals surface area (Å²) in [5.74, 6) is -0.813. The third-order valence-corrected chi connectivity index (χ3v) is 5.56. The second kappa shape index (κ2) is 9.73. The molecule has 8 heteroatoms. The van der Waals surface area contributed by atoms with E-state index in [4.69, 9.17) is 4.74 Å². The van der Waals surface area contributed by atoms with Crippen molar-refractivity contribution >= 4 is 39.5 Å². The fourth-order valence-electron chi connectivity index (χ4n) is 3.72. The number of nitrogens with one attached hydrogen (secondary N) is 2. The number of carbonyl (C=O) groups is 3. The van der Waals surface area contributed by atoms with Crippen LogP contribution in [0.5, 0.6) is 0 Å². The van der Waals surface area contributed by atoms with E-state index in [0.717, 1.165) is 4.47 Å². The molecule has 3 atom stereocenters. The first-order valence-electron chi connectivity index (χ1n) is 10.5. The molecular weight excluding hydrogens is 474 g/mol. The second-order valence-corrected chi connectivity index (χ2v) is 9.75. The van der Waals surface area contributed by atoms with Crippen LogP contribution in [0.15, 0.2) is 59.1 Å². The van der Waals surface area contributed by atoms with Crippen molar-refractivity contribution in [2.75, 3.05) is 5.32 Å². The van der Waals surface area contributed by atoms with Gasteiger partial charge in [-0.3, -0.25) is 4.79 Å². The summed E-state index contributed by atoms with van der Waals surface area (Å²) in [6, 6.07) is 13.8. The highest BCUT2D eigenvalue weighted by Crippen LogP contribution is 2.32. The monoisotopic (exact) mass is 501 g/mol. The summed E-state index contributed by atoms with van der Waals surface area (Å²) in [4.78, 5) is 40.4. The minimum absolute atomic E-state index is 0.266. The fourth-order valence-corrected chi connectivity index (χ4v) is 3.98. The third-order valence-electron chi connectivity index (χ3n) is 5.04. The number of benzene rings is 2. The molecule has 0 spiro atoms. The standard InChI is InChI=1S/C24H28BrN3O4/c1-15-14-19(27-23(31)26-18-12-10-17(25)11-13-18)21(29)28(15)20(16-8-6-5-7-9-16)22(30)32-24(2,3)4/h5-13,15,19-20H,14H2,1-4H3,(H2,26,27,31)/t15?,19-,20-/m0/s1. The van der Waals surface area contributed by atoms with Gasteiger partial charge in [-0.2, -0.15) is 0 Å². The molecule has 2 aromatic rings. The number of carbonyl (C=O) groups excluding carboxylic acids is 3. The van der Waals surface area contributed by atoms with Gasteiger partial charge in [0, 0.05) is 16.2 Å². The highest BCUT2D eigenvalue weighted by molar-refractivity contribution is 9.10. The Morgan fingerprint density at radius 3 is 2.31 bits per heavy atom. The molecule has 0 saturated carbocycles. The molecule has 1 unspecified atom stereocenters. The van der Waals surface area contributed by atoms with E-state index < -0.39 is 29.7 Å². The van der Waals surface area contributed by atoms with Crippen LogP contribution in [-0.4, -0.2) is 40.5 Å². The normalized spacial score (nSPS) is 19.4. The van der Waals surface area contributed by atoms with Crippen LogP contribution in [0, 0.1) is 0 Å². The summed E-state index contributed by atoms with van der Waals surface area (Å²) < 4.78 is 6.53. The summed E-state index contributed by atoms with van der Waals surface area (Å²) in [6.07, 6.45) is 0.388. The van der Waals surface area contributed by atoms with Crippen molar-refractivity contribution in [3.8, 4) is 0 Å². The van der Waals surface area contributed by atoms with E-state index in [2.05, 4.69) is 26.6 Å². The molecule has 0 aromatic heterocycles. The molecule has 3 rings (SSSR count). The van der Waals surface area contributed by atoms with E-state index in [0.29, 0.717) is 17.7 Å². The number of nitrogens with zero attached hydrogens (tertiary/aromatic N) is 1. The molecule has 1 aliphatic heterocycles. The molecule has 0 bridgehead atoms. The van der Waals surface area contributed by atoms with Crippen molar-refractivity contribution in [3.05, 3.63) is 64.6 Å². The minimum atomic E-state index is -0.890. The number of rotatable bonds is 5. The number of halogens is 1. The van der Waals surface area contributed by atoms with Crippen molar-refractivity contribution in [3.63, 3.8) is 0 Å². The molecule has 32 heavy (non-hydrogen) atoms. The molecule has 1 fully saturated rings. The molecule has 1 aliphatic rings. The summed E-state index contributed by atoms with van der Waals surface area (Å²) in [7, 11) is 0. The largest absolute Gasteiger partial charge is 0.458 e. The number of ether oxygens (including phenoxy) is 1. The van der Waals surface area contributed by atoms with Gasteiger partial charge in [0.15, 0.2) is 6.04 Å². The van der Waals surface area contributed by atoms with E-state index in [1.54, 1.807) is 45.0 Å². The SMILES string of the molecule is CC1C[C@H](NC(=O)Nc2ccc(Br)cc2)C(=O)N1[C@H](C(=O)OC(C)(C)C)c1ccccc1. The Balaban J connectivity index is 1.78. The maximum Gasteiger partial charge on any atom is 0.334 e. The van der Waals surface area contributed by atoms with Crippen LogP contribution in [0.2, 0.25) is 0 Å². The fraction of sp³-hybridized carbons (Fsp3) is 0.375. The summed E-state index contributed by atoms with van der Waals surface area (Å²) in [6.45, 7) is 7.24. The highest BCUT2D eigenvalue weighted by Gasteiger charge is 2.45. The highest BCUT2D eigenvalue weighted by atomic mass is 79.9. The first-order chi connectivity index (χ1) is 15.0. The lowest BCUT2D eigenvalue weighted by molar-refractivity contribution is -0.165. The van der Waals surface area contributed by atoms with Gasteiger partial charge in [0.25, 0.3) is 0 Å². The predicted octanol–water partition coefficient (Wildman–Crippen LogP) is 4.64. The molecule has 0 aliphatic carbocycles. The van der Waals surface area contributed by atoms with E-state index in [1.165, 1.54) is 4.90 Å². The van der Waals surface area contributed by atoms with Crippen LogP contribution in [0.25, 0.3) is 0 Å². The Bertz CT molecular complexity index is 973. The minimum Gasteiger partial charge on any atom is -0.458 e. The Hall–Kier alpha value is -2.87. The Morgan fingerprint density at radius 1 is 1.09 bits per heavy atom. The average Bonchev–Trinajstić information content (AvgIpc) is 2.97. The molecule has 2 N–H and O–H groups in total. The zero-order valence-corrected chi connectivity index (χ0v) is 20.2. The quantitative estimate of drug-likeness (QED) is 0.584. The number of anilines is 1. The average molecular weight is 502 g/mol. The smallest absolute Gasteiger partial charge is 0.334 e. The molecule has 0 radical (unpaired) electrons. The van der Waals surface area contributed by atoms with E-state index in [9.17, 15) is 14.4 Å². The zero-order valence-electron chi connectivity index (χ0n) is 18.6. The number of urea groups is 1. The molecule has 2 aromatic carbocycles. The van der Waals surface area contributed by atoms with Crippen LogP contribution in [-0.2, 0) is 14.3 Å². The van der Waals surface area contributed by atoms with Gasteiger partial charge in [-0.25, -0.2) is 9.59 Å². The number of amides is 3. The first kappa shape index (κ1) is 23.8. The molecule has 7 nitrogen and oxygen atoms in total. The van der Waals surface area contributed by atoms with Crippen molar-refractivity contribution in [2.24, 2.45) is 0 Å². The van der Waals surface area contributed by atoms with Gasteiger partial charge in [-0.05, 0) is 63.9 Å². The summed E-state index contributed by atoms with van der Waals surface area (Å²) in [5.41, 5.74) is 0.581. The number of hydrogen-bond acceptors (Lipinski definition) is 4. The predicted molar refractivity (Wildman–Crippen MR) is 126 cm³/mol. The lowest BCUT2D eigenvalue weighted by Crippen LogP contribution is -2.46. The molecule has 170 valence electrons. The van der Waals surface area contributed by atoms with Gasteiger partial charge in [0.05, 0.1) is 0 Å². The van der Waals surface area contributed by atoms with Gasteiger partial charge < -0.3 is 20.3 Å². The van der Waals surface area contributed by atoms with Gasteiger partial charge in [0.2, 0.25) is 5.91 Å². The van der Waals surface area contributed by atoms with Gasteiger partial charge in [0.1, 0.15) is 11.6 Å². The topological polar surface area (TPSA) is 87.7 Å². The number of likely N-dealkylation sites (tertiary alicyclic amines) is 1. The van der Waals surface area contributed by atoms with Crippen molar-refractivity contribution in [2.45, 2.75) is 57.8 Å². The van der Waals surface area contributed by atoms with E-state index >= 15 is 0 Å². The van der Waals surface area contributed by atoms with Crippen LogP contribution in [0.1, 0.15) is 45.7 Å². The molecular formula is C24H28BrN3O4. The molecule has 1 saturated heterocycles. The zero-order chi connectivity index (χ0) is 23.5. The van der Waals surface area contributed by atoms with E-state index in [-0.39, 0.29) is 11.9 Å². The van der Waals surface area contributed by atoms with Crippen LogP contribution < -0.4 is 10.6 Å². The van der Waals surface area contributed by atoms with Gasteiger partial charge in [-0.1, -0.05) is 46.3 Å². The lowest BCUT2D eigenvalue weighted by atomic mass is 10.0. The summed E-state index contributed by atoms with van der Waals surface area (Å²) >= 11 is 3.35. The Kier molecular flexibility index (Phi) is 7.23. The Labute approximate surface area is 196 Å². The number of hydrogen-bond donors (Lipinski definition) is 2. The molecule has 3 amide bonds. The van der Waals surface area contributed by atoms with Gasteiger partial charge >= 0.3 is 12.0 Å². The second-order valence-electron chi connectivity index (χ2n) is 8.83. The van der Waals surface area contributed by atoms with Crippen molar-refractivity contribution in [1.29, 1.82) is 0 Å². The molecule has 1 heterocycles. The maximum absolute atomic E-state index is 13.3. The number of esters is 1. The van der Waals surface area contributed by atoms with Crippen LogP contribution in [0.4, 0.5) is 10.5 Å². The van der Waals surface area contributed by atoms with Gasteiger partial charge in [-0.15, -0.1) is 0 Å². The van der Waals surface area contributed by atoms with Crippen LogP contribution >= 0.6 is 15.9 Å². The maximum atomic E-state index is 13.3. The van der Waals surface area contributed by atoms with E-state index in [1.807, 2.05) is 37.3 Å². The first-order valence-corrected chi connectivity index (χ1v) is 11.3. The van der Waals surface area contributed by atoms with Crippen molar-refractivity contribution in [1.82, 2.24) is 10.2 Å².